The molecule has 2 rings (SSSR count). The van der Waals surface area contributed by atoms with Crippen LogP contribution in [-0.4, -0.2) is 35.9 Å². The highest BCUT2D eigenvalue weighted by atomic mass is 35.5. The van der Waals surface area contributed by atoms with Gasteiger partial charge in [-0.25, -0.2) is 4.39 Å². The van der Waals surface area contributed by atoms with E-state index in [9.17, 15) is 14.0 Å². The van der Waals surface area contributed by atoms with E-state index >= 15 is 0 Å². The van der Waals surface area contributed by atoms with Gasteiger partial charge in [0, 0.05) is 23.1 Å². The molecule has 0 aliphatic rings. The Morgan fingerprint density at radius 3 is 2.37 bits per heavy atom. The molecule has 0 aliphatic carbocycles. The molecule has 1 N–H and O–H groups in total. The molecule has 162 valence electrons. The van der Waals surface area contributed by atoms with Crippen molar-refractivity contribution in [2.24, 2.45) is 5.92 Å². The van der Waals surface area contributed by atoms with Crippen LogP contribution >= 0.6 is 23.2 Å². The maximum Gasteiger partial charge on any atom is 0.261 e. The molecule has 1 atom stereocenters. The van der Waals surface area contributed by atoms with Crippen molar-refractivity contribution >= 4 is 35.0 Å². The fourth-order valence-electron chi connectivity index (χ4n) is 2.63. The lowest BCUT2D eigenvalue weighted by atomic mass is 10.1. The van der Waals surface area contributed by atoms with E-state index in [-0.39, 0.29) is 25.0 Å². The van der Waals surface area contributed by atoms with Crippen LogP contribution in [0.1, 0.15) is 26.3 Å². The van der Waals surface area contributed by atoms with E-state index in [4.69, 9.17) is 27.9 Å². The quantitative estimate of drug-likeness (QED) is 0.597. The number of amides is 2. The molecule has 2 aromatic carbocycles. The highest BCUT2D eigenvalue weighted by Gasteiger charge is 2.27. The Kier molecular flexibility index (Phi) is 8.93. The molecule has 2 amide bonds. The van der Waals surface area contributed by atoms with E-state index in [1.54, 1.807) is 25.1 Å². The zero-order chi connectivity index (χ0) is 22.3. The van der Waals surface area contributed by atoms with Crippen LogP contribution in [0.3, 0.4) is 0 Å². The van der Waals surface area contributed by atoms with Crippen LogP contribution in [0, 0.1) is 11.7 Å². The summed E-state index contributed by atoms with van der Waals surface area (Å²) in [5, 5.41) is 3.71. The van der Waals surface area contributed by atoms with Crippen molar-refractivity contribution in [2.45, 2.75) is 33.4 Å². The summed E-state index contributed by atoms with van der Waals surface area (Å²) in [7, 11) is 0. The summed E-state index contributed by atoms with van der Waals surface area (Å²) in [6.45, 7) is 5.92. The lowest BCUT2D eigenvalue weighted by Gasteiger charge is -2.29. The second-order valence-corrected chi connectivity index (χ2v) is 8.16. The number of halogens is 3. The van der Waals surface area contributed by atoms with Crippen molar-refractivity contribution in [1.82, 2.24) is 10.2 Å². The fraction of sp³-hybridized carbons (Fsp3) is 0.364. The summed E-state index contributed by atoms with van der Waals surface area (Å²) in [4.78, 5) is 26.9. The first-order chi connectivity index (χ1) is 14.2. The SMILES string of the molecule is CC(C)CNC(=O)[C@@H](C)N(Cc1ccc(Cl)cc1Cl)C(=O)COc1ccc(F)cc1. The zero-order valence-electron chi connectivity index (χ0n) is 17.1. The van der Waals surface area contributed by atoms with E-state index < -0.39 is 17.8 Å². The standard InChI is InChI=1S/C22H25Cl2FN2O3/c1-14(2)11-26-22(29)15(3)27(12-16-4-5-17(23)10-20(16)24)21(28)13-30-19-8-6-18(25)7-9-19/h4-10,14-15H,11-13H2,1-3H3,(H,26,29)/t15-/m1/s1. The molecule has 0 saturated heterocycles. The third kappa shape index (κ3) is 7.18. The molecule has 0 radical (unpaired) electrons. The molecule has 0 saturated carbocycles. The molecule has 0 unspecified atom stereocenters. The minimum absolute atomic E-state index is 0.109. The summed E-state index contributed by atoms with van der Waals surface area (Å²) < 4.78 is 18.5. The Labute approximate surface area is 186 Å². The maximum absolute atomic E-state index is 13.0. The largest absolute Gasteiger partial charge is 0.484 e. The first-order valence-corrected chi connectivity index (χ1v) is 10.3. The van der Waals surface area contributed by atoms with Gasteiger partial charge in [0.1, 0.15) is 17.6 Å². The first-order valence-electron chi connectivity index (χ1n) is 9.57. The second kappa shape index (κ2) is 11.2. The molecule has 0 bridgehead atoms. The zero-order valence-corrected chi connectivity index (χ0v) is 18.6. The van der Waals surface area contributed by atoms with Gasteiger partial charge in [-0.05, 0) is 54.8 Å². The monoisotopic (exact) mass is 454 g/mol. The Morgan fingerprint density at radius 2 is 1.77 bits per heavy atom. The highest BCUT2D eigenvalue weighted by molar-refractivity contribution is 6.35. The third-order valence-electron chi connectivity index (χ3n) is 4.38. The number of nitrogens with zero attached hydrogens (tertiary/aromatic N) is 1. The van der Waals surface area contributed by atoms with Crippen molar-refractivity contribution in [3.8, 4) is 5.75 Å². The van der Waals surface area contributed by atoms with Gasteiger partial charge in [0.2, 0.25) is 5.91 Å². The van der Waals surface area contributed by atoms with Gasteiger partial charge in [0.25, 0.3) is 5.91 Å². The van der Waals surface area contributed by atoms with Crippen molar-refractivity contribution in [3.63, 3.8) is 0 Å². The molecule has 0 heterocycles. The van der Waals surface area contributed by atoms with E-state index in [0.29, 0.717) is 27.9 Å². The molecule has 5 nitrogen and oxygen atoms in total. The Bertz CT molecular complexity index is 875. The maximum atomic E-state index is 13.0. The van der Waals surface area contributed by atoms with Crippen LogP contribution in [-0.2, 0) is 16.1 Å². The lowest BCUT2D eigenvalue weighted by molar-refractivity contribution is -0.142. The summed E-state index contributed by atoms with van der Waals surface area (Å²) in [6.07, 6.45) is 0. The highest BCUT2D eigenvalue weighted by Crippen LogP contribution is 2.23. The average molecular weight is 455 g/mol. The van der Waals surface area contributed by atoms with Crippen molar-refractivity contribution in [1.29, 1.82) is 0 Å². The first kappa shape index (κ1) is 24.0. The minimum atomic E-state index is -0.750. The molecule has 0 aliphatic heterocycles. The average Bonchev–Trinajstić information content (AvgIpc) is 2.70. The number of hydrogen-bond acceptors (Lipinski definition) is 3. The molecule has 0 fully saturated rings. The Hall–Kier alpha value is -2.31. The van der Waals surface area contributed by atoms with Gasteiger partial charge in [0.15, 0.2) is 6.61 Å². The number of carbonyl (C=O) groups is 2. The van der Waals surface area contributed by atoms with Crippen LogP contribution in [0.15, 0.2) is 42.5 Å². The van der Waals surface area contributed by atoms with Gasteiger partial charge < -0.3 is 15.0 Å². The van der Waals surface area contributed by atoms with E-state index in [1.165, 1.54) is 29.2 Å². The van der Waals surface area contributed by atoms with E-state index in [0.717, 1.165) is 0 Å². The van der Waals surface area contributed by atoms with Crippen molar-refractivity contribution in [2.75, 3.05) is 13.2 Å². The smallest absolute Gasteiger partial charge is 0.261 e. The third-order valence-corrected chi connectivity index (χ3v) is 4.97. The van der Waals surface area contributed by atoms with Gasteiger partial charge in [-0.3, -0.25) is 9.59 Å². The topological polar surface area (TPSA) is 58.6 Å². The van der Waals surface area contributed by atoms with Gasteiger partial charge in [-0.15, -0.1) is 0 Å². The van der Waals surface area contributed by atoms with Crippen LogP contribution in [0.4, 0.5) is 4.39 Å². The molecular formula is C22H25Cl2FN2O3. The molecule has 2 aromatic rings. The normalized spacial score (nSPS) is 11.8. The number of carbonyl (C=O) groups excluding carboxylic acids is 2. The second-order valence-electron chi connectivity index (χ2n) is 7.31. The van der Waals surface area contributed by atoms with Gasteiger partial charge in [-0.2, -0.15) is 0 Å². The Balaban J connectivity index is 2.16. The number of benzene rings is 2. The molecule has 0 spiro atoms. The molecule has 30 heavy (non-hydrogen) atoms. The summed E-state index contributed by atoms with van der Waals surface area (Å²) in [6, 6.07) is 9.57. The fourth-order valence-corrected chi connectivity index (χ4v) is 3.10. The van der Waals surface area contributed by atoms with Crippen LogP contribution < -0.4 is 10.1 Å². The van der Waals surface area contributed by atoms with Gasteiger partial charge in [0.05, 0.1) is 0 Å². The molecule has 8 heteroatoms. The van der Waals surface area contributed by atoms with Crippen molar-refractivity contribution < 1.29 is 18.7 Å². The van der Waals surface area contributed by atoms with Crippen LogP contribution in [0.25, 0.3) is 0 Å². The Morgan fingerprint density at radius 1 is 1.10 bits per heavy atom. The molecular weight excluding hydrogens is 430 g/mol. The van der Waals surface area contributed by atoms with Gasteiger partial charge in [-0.1, -0.05) is 43.1 Å². The van der Waals surface area contributed by atoms with Crippen LogP contribution in [0.5, 0.6) is 5.75 Å². The van der Waals surface area contributed by atoms with Crippen molar-refractivity contribution in [3.05, 3.63) is 63.9 Å². The predicted molar refractivity (Wildman–Crippen MR) is 116 cm³/mol. The number of ether oxygens (including phenoxy) is 1. The number of nitrogens with one attached hydrogen (secondary N) is 1. The molecule has 0 aromatic heterocycles. The number of hydrogen-bond donors (Lipinski definition) is 1. The van der Waals surface area contributed by atoms with E-state index in [2.05, 4.69) is 5.32 Å². The van der Waals surface area contributed by atoms with E-state index in [1.807, 2.05) is 13.8 Å². The lowest BCUT2D eigenvalue weighted by Crippen LogP contribution is -2.49. The summed E-state index contributed by atoms with van der Waals surface area (Å²) in [5.41, 5.74) is 0.653. The van der Waals surface area contributed by atoms with Gasteiger partial charge >= 0.3 is 0 Å². The summed E-state index contributed by atoms with van der Waals surface area (Å²) in [5.74, 6) is -0.450. The minimum Gasteiger partial charge on any atom is -0.484 e. The predicted octanol–water partition coefficient (Wildman–Crippen LogP) is 4.70. The van der Waals surface area contributed by atoms with Crippen LogP contribution in [0.2, 0.25) is 10.0 Å². The summed E-state index contributed by atoms with van der Waals surface area (Å²) >= 11 is 12.2. The number of rotatable bonds is 9.